The van der Waals surface area contributed by atoms with Crippen molar-refractivity contribution in [1.29, 1.82) is 0 Å². The Bertz CT molecular complexity index is 1750. The monoisotopic (exact) mass is 594 g/mol. The molecule has 0 amide bonds. The van der Waals surface area contributed by atoms with Crippen LogP contribution < -0.4 is 9.47 Å². The summed E-state index contributed by atoms with van der Waals surface area (Å²) in [6, 6.07) is 8.92. The van der Waals surface area contributed by atoms with Gasteiger partial charge < -0.3 is 65.6 Å². The molecule has 43 heavy (non-hydrogen) atoms. The van der Waals surface area contributed by atoms with E-state index in [1.54, 1.807) is 0 Å². The second kappa shape index (κ2) is 9.86. The Hall–Kier alpha value is -5.40. The van der Waals surface area contributed by atoms with Crippen molar-refractivity contribution in [2.75, 3.05) is 0 Å². The first kappa shape index (κ1) is 27.8. The summed E-state index contributed by atoms with van der Waals surface area (Å²) >= 11 is 0. The Kier molecular flexibility index (Phi) is 6.36. The van der Waals surface area contributed by atoms with Crippen molar-refractivity contribution in [1.82, 2.24) is 0 Å². The highest BCUT2D eigenvalue weighted by Gasteiger charge is 2.46. The minimum Gasteiger partial charge on any atom is -0.508 e. The molecule has 5 atom stereocenters. The molecule has 0 aliphatic carbocycles. The third-order valence-corrected chi connectivity index (χ3v) is 7.77. The van der Waals surface area contributed by atoms with Crippen LogP contribution >= 0.6 is 0 Å². The van der Waals surface area contributed by atoms with Crippen LogP contribution in [0.5, 0.6) is 63.2 Å². The standard InChI is InChI=1S/C30H26O13/c31-12-6-17(35)23-22(7-12)42-29(10-1-2-14(32)16(34)3-10)27(41)25(23)24-18(36)9-15(33)13-8-21(39)28(43-30(13)24)11-4-19(37)26(40)20(38)5-11/h1-7,9,21,25,27-29,31-41H,8H2/t21-,25?,27-,28-,29+/m0/s1. The minimum atomic E-state index is -1.64. The van der Waals surface area contributed by atoms with Gasteiger partial charge in [-0.1, -0.05) is 6.07 Å². The molecule has 0 radical (unpaired) electrons. The number of phenolic OH excluding ortho intramolecular Hbond substituents is 9. The van der Waals surface area contributed by atoms with E-state index in [1.807, 2.05) is 0 Å². The first-order valence-electron chi connectivity index (χ1n) is 12.9. The van der Waals surface area contributed by atoms with Crippen LogP contribution in [0.2, 0.25) is 0 Å². The maximum Gasteiger partial charge on any atom is 0.200 e. The van der Waals surface area contributed by atoms with E-state index in [9.17, 15) is 56.2 Å². The van der Waals surface area contributed by atoms with Crippen LogP contribution in [0.3, 0.4) is 0 Å². The van der Waals surface area contributed by atoms with Crippen LogP contribution in [0, 0.1) is 0 Å². The fourth-order valence-corrected chi connectivity index (χ4v) is 5.78. The van der Waals surface area contributed by atoms with Crippen LogP contribution in [0.25, 0.3) is 0 Å². The molecule has 2 heterocycles. The van der Waals surface area contributed by atoms with Gasteiger partial charge in [0.05, 0.1) is 12.0 Å². The summed E-state index contributed by atoms with van der Waals surface area (Å²) in [6.07, 6.45) is -5.87. The number of hydrogen-bond donors (Lipinski definition) is 11. The maximum atomic E-state index is 11.8. The van der Waals surface area contributed by atoms with Crippen molar-refractivity contribution in [3.05, 3.63) is 76.3 Å². The average molecular weight is 595 g/mol. The second-order valence-corrected chi connectivity index (χ2v) is 10.5. The van der Waals surface area contributed by atoms with Gasteiger partial charge in [-0.25, -0.2) is 0 Å². The Morgan fingerprint density at radius 3 is 1.88 bits per heavy atom. The summed E-state index contributed by atoms with van der Waals surface area (Å²) in [6.45, 7) is 0. The largest absolute Gasteiger partial charge is 0.508 e. The number of aliphatic hydroxyl groups is 2. The molecule has 224 valence electrons. The van der Waals surface area contributed by atoms with Crippen molar-refractivity contribution in [3.8, 4) is 63.2 Å². The van der Waals surface area contributed by atoms with Gasteiger partial charge in [0, 0.05) is 46.9 Å². The van der Waals surface area contributed by atoms with Crippen molar-refractivity contribution in [2.24, 2.45) is 0 Å². The molecule has 11 N–H and O–H groups in total. The minimum absolute atomic E-state index is 0.0258. The zero-order valence-corrected chi connectivity index (χ0v) is 21.9. The van der Waals surface area contributed by atoms with Gasteiger partial charge in [-0.05, 0) is 29.8 Å². The fraction of sp³-hybridized carbons (Fsp3) is 0.200. The number of aliphatic hydroxyl groups excluding tert-OH is 2. The van der Waals surface area contributed by atoms with Crippen LogP contribution in [0.1, 0.15) is 45.9 Å². The van der Waals surface area contributed by atoms with E-state index in [-0.39, 0.29) is 51.5 Å². The molecule has 4 aromatic carbocycles. The number of benzene rings is 4. The van der Waals surface area contributed by atoms with E-state index in [1.165, 1.54) is 18.2 Å². The summed E-state index contributed by atoms with van der Waals surface area (Å²) in [5.41, 5.74) is 0.0126. The first-order valence-corrected chi connectivity index (χ1v) is 12.9. The first-order chi connectivity index (χ1) is 20.3. The zero-order chi connectivity index (χ0) is 30.9. The Balaban J connectivity index is 1.56. The van der Waals surface area contributed by atoms with Gasteiger partial charge >= 0.3 is 0 Å². The van der Waals surface area contributed by atoms with E-state index in [4.69, 9.17) is 9.47 Å². The summed E-state index contributed by atoms with van der Waals surface area (Å²) in [7, 11) is 0. The molecule has 0 saturated carbocycles. The highest BCUT2D eigenvalue weighted by atomic mass is 16.5. The fourth-order valence-electron chi connectivity index (χ4n) is 5.78. The lowest BCUT2D eigenvalue weighted by molar-refractivity contribution is 0.00113. The van der Waals surface area contributed by atoms with Gasteiger partial charge in [0.1, 0.15) is 40.6 Å². The molecule has 0 saturated heterocycles. The summed E-state index contributed by atoms with van der Waals surface area (Å²) in [5, 5.41) is 116. The van der Waals surface area contributed by atoms with Crippen LogP contribution in [-0.2, 0) is 6.42 Å². The van der Waals surface area contributed by atoms with Crippen molar-refractivity contribution >= 4 is 0 Å². The van der Waals surface area contributed by atoms with Gasteiger partial charge in [0.25, 0.3) is 0 Å². The smallest absolute Gasteiger partial charge is 0.200 e. The van der Waals surface area contributed by atoms with Gasteiger partial charge in [-0.3, -0.25) is 0 Å². The van der Waals surface area contributed by atoms with Crippen molar-refractivity contribution in [3.63, 3.8) is 0 Å². The van der Waals surface area contributed by atoms with Crippen LogP contribution in [-0.4, -0.2) is 68.4 Å². The van der Waals surface area contributed by atoms with Crippen molar-refractivity contribution in [2.45, 2.75) is 36.8 Å². The lowest BCUT2D eigenvalue weighted by Crippen LogP contribution is -2.36. The number of aromatic hydroxyl groups is 9. The zero-order valence-electron chi connectivity index (χ0n) is 21.9. The molecule has 13 nitrogen and oxygen atoms in total. The number of hydrogen-bond acceptors (Lipinski definition) is 13. The summed E-state index contributed by atoms with van der Waals surface area (Å²) in [5.74, 6) is -6.77. The lowest BCUT2D eigenvalue weighted by atomic mass is 9.77. The molecule has 2 aliphatic rings. The Morgan fingerprint density at radius 1 is 0.558 bits per heavy atom. The second-order valence-electron chi connectivity index (χ2n) is 10.5. The highest BCUT2D eigenvalue weighted by Crippen LogP contribution is 2.57. The number of fused-ring (bicyclic) bond motifs is 2. The maximum absolute atomic E-state index is 11.8. The molecule has 0 aromatic heterocycles. The van der Waals surface area contributed by atoms with E-state index >= 15 is 0 Å². The van der Waals surface area contributed by atoms with Gasteiger partial charge in [0.2, 0.25) is 0 Å². The SMILES string of the molecule is Oc1cc(O)c2c(c1)O[C@H](c1ccc(O)c(O)c1)[C@@H](O)C2c1c(O)cc(O)c2c1O[C@@H](c1cc(O)c(O)c(O)c1)[C@@H](O)C2. The molecule has 13 heteroatoms. The molecule has 0 fully saturated rings. The molecule has 6 rings (SSSR count). The normalized spacial score (nSPS) is 22.6. The molecule has 0 bridgehead atoms. The quantitative estimate of drug-likeness (QED) is 0.153. The molecular weight excluding hydrogens is 568 g/mol. The van der Waals surface area contributed by atoms with Gasteiger partial charge in [-0.15, -0.1) is 0 Å². The molecular formula is C30H26O13. The van der Waals surface area contributed by atoms with Crippen LogP contribution in [0.4, 0.5) is 0 Å². The third-order valence-electron chi connectivity index (χ3n) is 7.77. The number of ether oxygens (including phenoxy) is 2. The molecule has 4 aromatic rings. The highest BCUT2D eigenvalue weighted by molar-refractivity contribution is 5.66. The van der Waals surface area contributed by atoms with E-state index in [0.717, 1.165) is 30.3 Å². The predicted molar refractivity (Wildman–Crippen MR) is 145 cm³/mol. The topological polar surface area (TPSA) is 241 Å². The molecule has 1 unspecified atom stereocenters. The van der Waals surface area contributed by atoms with Crippen molar-refractivity contribution < 1.29 is 65.6 Å². The Morgan fingerprint density at radius 2 is 1.21 bits per heavy atom. The third kappa shape index (κ3) is 4.42. The Labute approximate surface area is 242 Å². The summed E-state index contributed by atoms with van der Waals surface area (Å²) in [4.78, 5) is 0. The molecule has 0 spiro atoms. The molecule has 2 aliphatic heterocycles. The average Bonchev–Trinajstić information content (AvgIpc) is 2.94. The van der Waals surface area contributed by atoms with Gasteiger partial charge in [-0.2, -0.15) is 0 Å². The number of rotatable bonds is 3. The van der Waals surface area contributed by atoms with E-state index < -0.39 is 76.3 Å². The summed E-state index contributed by atoms with van der Waals surface area (Å²) < 4.78 is 12.0. The van der Waals surface area contributed by atoms with Crippen LogP contribution in [0.15, 0.2) is 48.5 Å². The predicted octanol–water partition coefficient (Wildman–Crippen LogP) is 2.70. The number of phenols is 9. The lowest BCUT2D eigenvalue weighted by Gasteiger charge is -2.40. The van der Waals surface area contributed by atoms with E-state index in [2.05, 4.69) is 0 Å². The van der Waals surface area contributed by atoms with E-state index in [0.29, 0.717) is 0 Å². The van der Waals surface area contributed by atoms with Gasteiger partial charge in [0.15, 0.2) is 41.0 Å².